The highest BCUT2D eigenvalue weighted by molar-refractivity contribution is 5.92. The van der Waals surface area contributed by atoms with Crippen molar-refractivity contribution in [2.24, 2.45) is 17.4 Å². The zero-order valence-electron chi connectivity index (χ0n) is 24.7. The highest BCUT2D eigenvalue weighted by atomic mass is 16.5. The van der Waals surface area contributed by atoms with E-state index in [4.69, 9.17) is 21.3 Å². The first-order chi connectivity index (χ1) is 19.6. The molecule has 1 aliphatic rings. The molecule has 0 aromatic heterocycles. The molecule has 41 heavy (non-hydrogen) atoms. The van der Waals surface area contributed by atoms with Gasteiger partial charge < -0.3 is 37.3 Å². The molecule has 0 radical (unpaired) electrons. The second kappa shape index (κ2) is 23.2. The predicted octanol–water partition coefficient (Wildman–Crippen LogP) is 1.04. The lowest BCUT2D eigenvalue weighted by Gasteiger charge is -2.21. The number of rotatable bonds is 14. The maximum atomic E-state index is 12.5. The van der Waals surface area contributed by atoms with Crippen LogP contribution in [0.1, 0.15) is 77.2 Å². The number of hydrogen-bond acceptors (Lipinski definition) is 8. The number of nitrogens with one attached hydrogen (secondary N) is 3. The summed E-state index contributed by atoms with van der Waals surface area (Å²) < 4.78 is 5.32. The van der Waals surface area contributed by atoms with Crippen molar-refractivity contribution in [1.29, 1.82) is 0 Å². The van der Waals surface area contributed by atoms with Crippen LogP contribution >= 0.6 is 0 Å². The predicted molar refractivity (Wildman–Crippen MR) is 156 cm³/mol. The number of benzene rings is 1. The van der Waals surface area contributed by atoms with Gasteiger partial charge in [-0.05, 0) is 24.3 Å². The molecule has 1 saturated carbocycles. The van der Waals surface area contributed by atoms with E-state index in [1.165, 1.54) is 38.5 Å². The summed E-state index contributed by atoms with van der Waals surface area (Å²) >= 11 is 0. The lowest BCUT2D eigenvalue weighted by Crippen LogP contribution is -2.52. The molecule has 2 atom stereocenters. The number of primary amides is 1. The van der Waals surface area contributed by atoms with Crippen molar-refractivity contribution in [1.82, 2.24) is 16.0 Å². The molecule has 0 heterocycles. The van der Waals surface area contributed by atoms with Crippen molar-refractivity contribution in [2.45, 2.75) is 90.3 Å². The maximum absolute atomic E-state index is 12.5. The van der Waals surface area contributed by atoms with Crippen molar-refractivity contribution in [2.75, 3.05) is 20.2 Å². The van der Waals surface area contributed by atoms with Crippen molar-refractivity contribution in [3.8, 4) is 0 Å². The molecule has 4 amide bonds. The van der Waals surface area contributed by atoms with Crippen LogP contribution in [0.15, 0.2) is 30.3 Å². The average molecular weight is 580 g/mol. The van der Waals surface area contributed by atoms with Crippen LogP contribution in [0.2, 0.25) is 0 Å². The zero-order valence-corrected chi connectivity index (χ0v) is 24.7. The van der Waals surface area contributed by atoms with Crippen LogP contribution < -0.4 is 27.4 Å². The van der Waals surface area contributed by atoms with Crippen LogP contribution in [0, 0.1) is 5.92 Å². The first-order valence-corrected chi connectivity index (χ1v) is 14.1. The maximum Gasteiger partial charge on any atom is 0.328 e. The lowest BCUT2D eigenvalue weighted by atomic mass is 10.0. The molecule has 1 aromatic rings. The minimum Gasteiger partial charge on any atom is -0.459 e. The summed E-state index contributed by atoms with van der Waals surface area (Å²) in [7, 11) is 1.00. The van der Waals surface area contributed by atoms with Gasteiger partial charge >= 0.3 is 5.97 Å². The van der Waals surface area contributed by atoms with Gasteiger partial charge in [-0.15, -0.1) is 0 Å². The highest BCUT2D eigenvalue weighted by Crippen LogP contribution is 2.15. The normalized spacial score (nSPS) is 13.6. The fourth-order valence-corrected chi connectivity index (χ4v) is 3.92. The molecule has 1 fully saturated rings. The molecular formula is C29H49N5O7. The third kappa shape index (κ3) is 19.2. The fourth-order valence-electron chi connectivity index (χ4n) is 3.92. The van der Waals surface area contributed by atoms with Gasteiger partial charge in [0, 0.05) is 13.5 Å². The van der Waals surface area contributed by atoms with Gasteiger partial charge in [0.25, 0.3) is 0 Å². The summed E-state index contributed by atoms with van der Waals surface area (Å²) in [5, 5.41) is 14.3. The Morgan fingerprint density at radius 1 is 0.878 bits per heavy atom. The number of hydrogen-bond donors (Lipinski definition) is 6. The molecule has 0 unspecified atom stereocenters. The molecule has 0 bridgehead atoms. The summed E-state index contributed by atoms with van der Waals surface area (Å²) in [6.07, 6.45) is 9.16. The van der Waals surface area contributed by atoms with E-state index in [2.05, 4.69) is 16.0 Å². The topological polar surface area (TPSA) is 203 Å². The molecule has 0 saturated heterocycles. The van der Waals surface area contributed by atoms with E-state index in [9.17, 15) is 24.0 Å². The average Bonchev–Trinajstić information content (AvgIpc) is 2.98. The van der Waals surface area contributed by atoms with E-state index in [1.54, 1.807) is 0 Å². The third-order valence-electron chi connectivity index (χ3n) is 5.99. The smallest absolute Gasteiger partial charge is 0.328 e. The molecular weight excluding hydrogens is 530 g/mol. The number of ether oxygens (including phenoxy) is 1. The third-order valence-corrected chi connectivity index (χ3v) is 5.99. The Bertz CT molecular complexity index is 897. The number of aliphatic hydroxyl groups is 1. The summed E-state index contributed by atoms with van der Waals surface area (Å²) in [6, 6.07) is 7.16. The number of nitrogens with two attached hydrogens (primary N) is 2. The minimum atomic E-state index is -1.08. The Morgan fingerprint density at radius 3 is 1.90 bits per heavy atom. The molecule has 0 spiro atoms. The molecule has 1 aliphatic carbocycles. The number of amides is 4. The number of aliphatic hydroxyl groups excluding tert-OH is 1. The zero-order chi connectivity index (χ0) is 31.0. The highest BCUT2D eigenvalue weighted by Gasteiger charge is 2.25. The monoisotopic (exact) mass is 579 g/mol. The Kier molecular flexibility index (Phi) is 21.2. The molecule has 8 N–H and O–H groups in total. The lowest BCUT2D eigenvalue weighted by molar-refractivity contribution is -0.149. The van der Waals surface area contributed by atoms with Gasteiger partial charge in [-0.2, -0.15) is 0 Å². The molecule has 2 rings (SSSR count). The second-order valence-electron chi connectivity index (χ2n) is 10.0. The van der Waals surface area contributed by atoms with Crippen LogP contribution in [-0.4, -0.2) is 67.0 Å². The molecule has 12 nitrogen and oxygen atoms in total. The molecule has 1 aromatic carbocycles. The summed E-state index contributed by atoms with van der Waals surface area (Å²) in [6.45, 7) is 3.08. The largest absolute Gasteiger partial charge is 0.459 e. The van der Waals surface area contributed by atoms with Gasteiger partial charge in [-0.3, -0.25) is 19.2 Å². The standard InChI is InChI=1S/C22H33N5O6.C6H12.CH4O/c1-14(2)10-17(22(32)33-13-15-6-4-3-5-7-15)27-20(30)12-25-21(31)16(8-9-18(24)28)26-19(29)11-23;1-2-4-6-5-3-1;1-2/h3-7,14,16-17H,8-13,23H2,1-2H3,(H2,24,28)(H,25,31)(H,26,29)(H,27,30);1-6H2;2H,1H3/t16-,17-;;/m0../s1. The van der Waals surface area contributed by atoms with Crippen LogP contribution in [0.25, 0.3) is 0 Å². The van der Waals surface area contributed by atoms with E-state index in [-0.39, 0.29) is 31.9 Å². The van der Waals surface area contributed by atoms with Crippen LogP contribution in [-0.2, 0) is 35.3 Å². The van der Waals surface area contributed by atoms with Gasteiger partial charge in [-0.1, -0.05) is 82.7 Å². The molecule has 232 valence electrons. The Balaban J connectivity index is 0.00000173. The van der Waals surface area contributed by atoms with Crippen molar-refractivity contribution >= 4 is 29.6 Å². The summed E-state index contributed by atoms with van der Waals surface area (Å²) in [5.74, 6) is -3.01. The van der Waals surface area contributed by atoms with Gasteiger partial charge in [-0.25, -0.2) is 4.79 Å². The molecule has 12 heteroatoms. The van der Waals surface area contributed by atoms with E-state index >= 15 is 0 Å². The number of carbonyl (C=O) groups excluding carboxylic acids is 5. The van der Waals surface area contributed by atoms with Crippen LogP contribution in [0.4, 0.5) is 0 Å². The van der Waals surface area contributed by atoms with Gasteiger partial charge in [0.2, 0.25) is 23.6 Å². The fraction of sp³-hybridized carbons (Fsp3) is 0.621. The summed E-state index contributed by atoms with van der Waals surface area (Å²) in [5.41, 5.74) is 11.1. The number of esters is 1. The minimum absolute atomic E-state index is 0.0453. The van der Waals surface area contributed by atoms with E-state index < -0.39 is 48.2 Å². The first kappa shape index (κ1) is 37.5. The Hall–Kier alpha value is -3.51. The van der Waals surface area contributed by atoms with E-state index in [0.717, 1.165) is 12.7 Å². The van der Waals surface area contributed by atoms with E-state index in [1.807, 2.05) is 44.2 Å². The van der Waals surface area contributed by atoms with Gasteiger partial charge in [0.05, 0.1) is 13.1 Å². The summed E-state index contributed by atoms with van der Waals surface area (Å²) in [4.78, 5) is 59.8. The first-order valence-electron chi connectivity index (χ1n) is 14.1. The number of carbonyl (C=O) groups is 5. The van der Waals surface area contributed by atoms with Crippen molar-refractivity contribution in [3.63, 3.8) is 0 Å². The van der Waals surface area contributed by atoms with Gasteiger partial charge in [0.1, 0.15) is 18.7 Å². The Morgan fingerprint density at radius 2 is 1.41 bits per heavy atom. The van der Waals surface area contributed by atoms with Crippen molar-refractivity contribution < 1.29 is 33.8 Å². The Labute approximate surface area is 243 Å². The second-order valence-corrected chi connectivity index (χ2v) is 10.0. The van der Waals surface area contributed by atoms with Gasteiger partial charge in [0.15, 0.2) is 0 Å². The SMILES string of the molecule is C1CCCCC1.CC(C)C[C@H](NC(=O)CNC(=O)[C@H](CCC(N)=O)NC(=O)CN)C(=O)OCc1ccccc1.CO. The molecule has 0 aliphatic heterocycles. The van der Waals surface area contributed by atoms with E-state index in [0.29, 0.717) is 6.42 Å². The van der Waals surface area contributed by atoms with Crippen molar-refractivity contribution in [3.05, 3.63) is 35.9 Å². The van der Waals surface area contributed by atoms with Crippen LogP contribution in [0.5, 0.6) is 0 Å². The quantitative estimate of drug-likeness (QED) is 0.175. The van der Waals surface area contributed by atoms with Crippen LogP contribution in [0.3, 0.4) is 0 Å².